The van der Waals surface area contributed by atoms with Crippen molar-refractivity contribution in [2.75, 3.05) is 13.2 Å². The molecule has 0 aromatic heterocycles. The molecule has 0 amide bonds. The zero-order valence-electron chi connectivity index (χ0n) is 13.6. The fraction of sp³-hybridized carbons (Fsp3) is 0.526. The van der Waals surface area contributed by atoms with E-state index in [1.54, 1.807) is 18.2 Å². The Balaban J connectivity index is 2.51. The minimum atomic E-state index is -0.467. The smallest absolute Gasteiger partial charge is 0.188 e. The van der Waals surface area contributed by atoms with Gasteiger partial charge in [-0.25, -0.2) is 0 Å². The lowest BCUT2D eigenvalue weighted by Crippen LogP contribution is -2.06. The van der Waals surface area contributed by atoms with Crippen molar-refractivity contribution in [2.45, 2.75) is 51.9 Å². The number of ether oxygens (including phenoxy) is 1. The first-order valence-corrected chi connectivity index (χ1v) is 8.23. The molecule has 1 N–H and O–H groups in total. The average molecular weight is 304 g/mol. The highest BCUT2D eigenvalue weighted by Gasteiger charge is 2.09. The van der Waals surface area contributed by atoms with Gasteiger partial charge in [0.05, 0.1) is 6.61 Å². The summed E-state index contributed by atoms with van der Waals surface area (Å²) in [6.07, 6.45) is 9.83. The van der Waals surface area contributed by atoms with Crippen molar-refractivity contribution in [3.05, 3.63) is 42.0 Å². The first-order valence-electron chi connectivity index (χ1n) is 8.23. The molecule has 0 saturated carbocycles. The summed E-state index contributed by atoms with van der Waals surface area (Å²) in [5.74, 6) is 0.538. The molecule has 0 aliphatic rings. The van der Waals surface area contributed by atoms with Gasteiger partial charge in [-0.3, -0.25) is 4.79 Å². The number of benzene rings is 1. The van der Waals surface area contributed by atoms with Crippen LogP contribution in [0, 0.1) is 0 Å². The summed E-state index contributed by atoms with van der Waals surface area (Å²) in [7, 11) is 0. The van der Waals surface area contributed by atoms with Crippen LogP contribution in [0.15, 0.2) is 30.9 Å². The summed E-state index contributed by atoms with van der Waals surface area (Å²) < 4.78 is 5.84. The third kappa shape index (κ3) is 6.44. The molecular weight excluding hydrogens is 276 g/mol. The Labute approximate surface area is 134 Å². The van der Waals surface area contributed by atoms with Gasteiger partial charge in [0.25, 0.3) is 0 Å². The molecule has 1 rings (SSSR count). The van der Waals surface area contributed by atoms with Crippen molar-refractivity contribution < 1.29 is 14.6 Å². The molecule has 0 saturated heterocycles. The van der Waals surface area contributed by atoms with Crippen LogP contribution in [0.5, 0.6) is 5.75 Å². The van der Waals surface area contributed by atoms with Crippen molar-refractivity contribution in [1.82, 2.24) is 0 Å². The highest BCUT2D eigenvalue weighted by atomic mass is 16.5. The maximum atomic E-state index is 11.6. The van der Waals surface area contributed by atoms with E-state index in [0.717, 1.165) is 17.7 Å². The third-order valence-electron chi connectivity index (χ3n) is 3.65. The van der Waals surface area contributed by atoms with Gasteiger partial charge in [-0.1, -0.05) is 45.1 Å². The number of rotatable bonds is 12. The van der Waals surface area contributed by atoms with Crippen LogP contribution in [0.2, 0.25) is 0 Å². The molecule has 0 spiro atoms. The molecule has 0 unspecified atom stereocenters. The number of carbonyl (C=O) groups excluding carboxylic acids is 1. The van der Waals surface area contributed by atoms with Crippen LogP contribution in [0.1, 0.15) is 61.4 Å². The molecule has 122 valence electrons. The summed E-state index contributed by atoms with van der Waals surface area (Å²) in [6.45, 7) is 6.19. The second-order valence-electron chi connectivity index (χ2n) is 5.51. The van der Waals surface area contributed by atoms with E-state index in [0.29, 0.717) is 18.6 Å². The normalized spacial score (nSPS) is 10.5. The monoisotopic (exact) mass is 304 g/mol. The number of hydrogen-bond acceptors (Lipinski definition) is 3. The Morgan fingerprint density at radius 3 is 2.64 bits per heavy atom. The molecule has 3 nitrogen and oxygen atoms in total. The summed E-state index contributed by atoms with van der Waals surface area (Å²) in [4.78, 5) is 11.6. The van der Waals surface area contributed by atoms with Crippen molar-refractivity contribution in [3.63, 3.8) is 0 Å². The largest absolute Gasteiger partial charge is 0.493 e. The van der Waals surface area contributed by atoms with Gasteiger partial charge in [0.1, 0.15) is 12.4 Å². The second-order valence-corrected chi connectivity index (χ2v) is 5.51. The summed E-state index contributed by atoms with van der Waals surface area (Å²) in [5, 5.41) is 8.94. The molecule has 0 atom stereocenters. The highest BCUT2D eigenvalue weighted by Crippen LogP contribution is 2.22. The SMILES string of the molecule is C=CCc1cc(C(=O)CO)ccc1OCCCCCCCC. The number of unbranched alkanes of at least 4 members (excludes halogenated alkanes) is 5. The van der Waals surface area contributed by atoms with Crippen molar-refractivity contribution in [2.24, 2.45) is 0 Å². The topological polar surface area (TPSA) is 46.5 Å². The van der Waals surface area contributed by atoms with Gasteiger partial charge in [0.2, 0.25) is 0 Å². The molecule has 1 aromatic carbocycles. The van der Waals surface area contributed by atoms with Crippen LogP contribution in [-0.2, 0) is 6.42 Å². The minimum Gasteiger partial charge on any atom is -0.493 e. The lowest BCUT2D eigenvalue weighted by Gasteiger charge is -2.12. The molecule has 0 heterocycles. The maximum Gasteiger partial charge on any atom is 0.188 e. The summed E-state index contributed by atoms with van der Waals surface area (Å²) in [5.41, 5.74) is 1.46. The zero-order chi connectivity index (χ0) is 16.2. The van der Waals surface area contributed by atoms with Crippen LogP contribution >= 0.6 is 0 Å². The lowest BCUT2D eigenvalue weighted by molar-refractivity contribution is 0.0903. The number of Topliss-reactive ketones (excluding diaryl/α,β-unsaturated/α-hetero) is 1. The van der Waals surface area contributed by atoms with Gasteiger partial charge in [-0.2, -0.15) is 0 Å². The number of aliphatic hydroxyl groups is 1. The van der Waals surface area contributed by atoms with Gasteiger partial charge >= 0.3 is 0 Å². The Morgan fingerprint density at radius 1 is 1.23 bits per heavy atom. The first kappa shape index (κ1) is 18.4. The molecule has 0 aliphatic heterocycles. The van der Waals surface area contributed by atoms with E-state index in [9.17, 15) is 4.79 Å². The standard InChI is InChI=1S/C19H28O3/c1-3-5-6-7-8-9-13-22-19-12-11-16(18(21)15-20)14-17(19)10-4-2/h4,11-12,14,20H,2-3,5-10,13,15H2,1H3. The molecule has 0 fully saturated rings. The number of carbonyl (C=O) groups is 1. The van der Waals surface area contributed by atoms with Crippen LogP contribution < -0.4 is 4.74 Å². The second kappa shape index (κ2) is 11.0. The van der Waals surface area contributed by atoms with E-state index < -0.39 is 6.61 Å². The quantitative estimate of drug-likeness (QED) is 0.355. The van der Waals surface area contributed by atoms with E-state index in [1.165, 1.54) is 32.1 Å². The predicted molar refractivity (Wildman–Crippen MR) is 90.6 cm³/mol. The number of aliphatic hydroxyl groups excluding tert-OH is 1. The lowest BCUT2D eigenvalue weighted by atomic mass is 10.0. The fourth-order valence-electron chi connectivity index (χ4n) is 2.36. The van der Waals surface area contributed by atoms with Crippen molar-refractivity contribution >= 4 is 5.78 Å². The van der Waals surface area contributed by atoms with Crippen LogP contribution in [-0.4, -0.2) is 24.1 Å². The van der Waals surface area contributed by atoms with E-state index in [4.69, 9.17) is 9.84 Å². The van der Waals surface area contributed by atoms with Crippen LogP contribution in [0.4, 0.5) is 0 Å². The zero-order valence-corrected chi connectivity index (χ0v) is 13.6. The third-order valence-corrected chi connectivity index (χ3v) is 3.65. The molecule has 0 bridgehead atoms. The number of hydrogen-bond donors (Lipinski definition) is 1. The van der Waals surface area contributed by atoms with E-state index >= 15 is 0 Å². The molecule has 3 heteroatoms. The fourth-order valence-corrected chi connectivity index (χ4v) is 2.36. The number of ketones is 1. The highest BCUT2D eigenvalue weighted by molar-refractivity contribution is 5.97. The first-order chi connectivity index (χ1) is 10.7. The Bertz CT molecular complexity index is 466. The van der Waals surface area contributed by atoms with Gasteiger partial charge in [-0.05, 0) is 36.6 Å². The van der Waals surface area contributed by atoms with Crippen molar-refractivity contribution in [3.8, 4) is 5.75 Å². The van der Waals surface area contributed by atoms with Gasteiger partial charge in [-0.15, -0.1) is 6.58 Å². The molecule has 22 heavy (non-hydrogen) atoms. The number of allylic oxidation sites excluding steroid dienone is 1. The van der Waals surface area contributed by atoms with E-state index in [1.807, 2.05) is 6.07 Å². The predicted octanol–water partition coefficient (Wildman–Crippen LogP) is 4.33. The molecule has 0 aliphatic carbocycles. The van der Waals surface area contributed by atoms with Crippen LogP contribution in [0.3, 0.4) is 0 Å². The Hall–Kier alpha value is -1.61. The molecule has 0 radical (unpaired) electrons. The molecule has 1 aromatic rings. The van der Waals surface area contributed by atoms with Gasteiger partial charge in [0, 0.05) is 5.56 Å². The Kier molecular flexibility index (Phi) is 9.24. The van der Waals surface area contributed by atoms with Gasteiger partial charge in [0.15, 0.2) is 5.78 Å². The van der Waals surface area contributed by atoms with E-state index in [2.05, 4.69) is 13.5 Å². The van der Waals surface area contributed by atoms with Crippen LogP contribution in [0.25, 0.3) is 0 Å². The average Bonchev–Trinajstić information content (AvgIpc) is 2.54. The van der Waals surface area contributed by atoms with E-state index in [-0.39, 0.29) is 5.78 Å². The Morgan fingerprint density at radius 2 is 1.95 bits per heavy atom. The maximum absolute atomic E-state index is 11.6. The molecular formula is C19H28O3. The summed E-state index contributed by atoms with van der Waals surface area (Å²) >= 11 is 0. The van der Waals surface area contributed by atoms with Crippen molar-refractivity contribution in [1.29, 1.82) is 0 Å². The minimum absolute atomic E-state index is 0.271. The summed E-state index contributed by atoms with van der Waals surface area (Å²) in [6, 6.07) is 5.32. The van der Waals surface area contributed by atoms with Gasteiger partial charge < -0.3 is 9.84 Å².